The van der Waals surface area contributed by atoms with E-state index in [4.69, 9.17) is 0 Å². The Bertz CT molecular complexity index is 1140. The normalized spacial score (nSPS) is 15.2. The predicted octanol–water partition coefficient (Wildman–Crippen LogP) is 3.92. The number of hydrogen-bond donors (Lipinski definition) is 0. The minimum Gasteiger partial charge on any atom is -0.353 e. The van der Waals surface area contributed by atoms with Crippen LogP contribution in [0, 0.1) is 0 Å². The summed E-state index contributed by atoms with van der Waals surface area (Å²) in [4.78, 5) is 17.3. The zero-order valence-corrected chi connectivity index (χ0v) is 17.7. The monoisotopic (exact) mass is 432 g/mol. The van der Waals surface area contributed by atoms with Crippen LogP contribution in [0.1, 0.15) is 0 Å². The summed E-state index contributed by atoms with van der Waals surface area (Å²) in [7, 11) is 0. The Hall–Kier alpha value is -1.93. The lowest BCUT2D eigenvalue weighted by Gasteiger charge is -2.35. The van der Waals surface area contributed by atoms with E-state index in [2.05, 4.69) is 38.4 Å². The number of benzene rings is 2. The summed E-state index contributed by atoms with van der Waals surface area (Å²) in [5.74, 6) is 1.12. The Morgan fingerprint density at radius 2 is 1.54 bits per heavy atom. The smallest absolute Gasteiger partial charge is 0.268 e. The first-order valence-corrected chi connectivity index (χ1v) is 10.7. The van der Waals surface area contributed by atoms with Crippen molar-refractivity contribution in [1.82, 2.24) is 13.2 Å². The third-order valence-corrected chi connectivity index (χ3v) is 7.14. The molecule has 1 aliphatic heterocycles. The molecule has 0 aliphatic carbocycles. The van der Waals surface area contributed by atoms with E-state index in [-0.39, 0.29) is 18.0 Å². The van der Waals surface area contributed by atoms with Crippen LogP contribution in [0.5, 0.6) is 0 Å². The van der Waals surface area contributed by atoms with Crippen LogP contribution in [0.2, 0.25) is 0 Å². The van der Waals surface area contributed by atoms with Crippen LogP contribution in [0.4, 0.5) is 5.82 Å². The molecule has 0 saturated carbocycles. The summed E-state index contributed by atoms with van der Waals surface area (Å²) in [6.07, 6.45) is 0. The van der Waals surface area contributed by atoms with Crippen molar-refractivity contribution in [1.29, 1.82) is 0 Å². The molecule has 0 N–H and O–H groups in total. The first-order chi connectivity index (χ1) is 13.3. The summed E-state index contributed by atoms with van der Waals surface area (Å²) < 4.78 is 8.89. The highest BCUT2D eigenvalue weighted by molar-refractivity contribution is 7.14. The number of piperazine rings is 1. The summed E-state index contributed by atoms with van der Waals surface area (Å²) >= 11 is 3.15. The molecular formula is C20H21ClN4OS2. The molecule has 146 valence electrons. The fourth-order valence-corrected chi connectivity index (χ4v) is 5.46. The van der Waals surface area contributed by atoms with Crippen molar-refractivity contribution in [3.05, 3.63) is 58.9 Å². The Labute approximate surface area is 177 Å². The number of fused-ring (bicyclic) bond motifs is 2. The van der Waals surface area contributed by atoms with E-state index in [0.29, 0.717) is 0 Å². The summed E-state index contributed by atoms with van der Waals surface area (Å²) in [6.45, 7) is 5.65. The standard InChI is InChI=1S/C20H20N4OS2.ClH/c25-20-16-6-2-4-8-18(16)27-24(20)14-11-22-9-12-23(13-10-22)19-15-5-1-3-7-17(15)26-21-19;/h1-8H,9-14H2;1H. The zero-order valence-electron chi connectivity index (χ0n) is 15.3. The van der Waals surface area contributed by atoms with Gasteiger partial charge >= 0.3 is 0 Å². The van der Waals surface area contributed by atoms with E-state index in [1.54, 1.807) is 23.1 Å². The van der Waals surface area contributed by atoms with Gasteiger partial charge in [0.15, 0.2) is 0 Å². The van der Waals surface area contributed by atoms with Crippen LogP contribution in [0.25, 0.3) is 20.2 Å². The van der Waals surface area contributed by atoms with Gasteiger partial charge in [0.1, 0.15) is 5.82 Å². The fraction of sp³-hybridized carbons (Fsp3) is 0.300. The lowest BCUT2D eigenvalue weighted by atomic mass is 10.2. The maximum atomic E-state index is 12.5. The van der Waals surface area contributed by atoms with Gasteiger partial charge in [-0.15, -0.1) is 12.4 Å². The van der Waals surface area contributed by atoms with Gasteiger partial charge in [-0.1, -0.05) is 35.8 Å². The Balaban J connectivity index is 0.00000192. The highest BCUT2D eigenvalue weighted by Crippen LogP contribution is 2.29. The number of halogens is 1. The minimum atomic E-state index is 0. The SMILES string of the molecule is Cl.O=c1c2ccccc2sn1CCN1CCN(c2nsc3ccccc23)CC1. The van der Waals surface area contributed by atoms with Crippen LogP contribution in [-0.4, -0.2) is 46.0 Å². The second kappa shape index (κ2) is 8.21. The van der Waals surface area contributed by atoms with Crippen molar-refractivity contribution in [2.24, 2.45) is 0 Å². The van der Waals surface area contributed by atoms with Crippen LogP contribution in [-0.2, 0) is 6.54 Å². The van der Waals surface area contributed by atoms with Gasteiger partial charge in [0.2, 0.25) is 0 Å². The van der Waals surface area contributed by atoms with Crippen molar-refractivity contribution < 1.29 is 0 Å². The summed E-state index contributed by atoms with van der Waals surface area (Å²) in [5.41, 5.74) is 0.142. The molecule has 3 heterocycles. The highest BCUT2D eigenvalue weighted by atomic mass is 35.5. The number of rotatable bonds is 4. The van der Waals surface area contributed by atoms with Gasteiger partial charge in [-0.05, 0) is 35.8 Å². The largest absolute Gasteiger partial charge is 0.353 e. The highest BCUT2D eigenvalue weighted by Gasteiger charge is 2.20. The van der Waals surface area contributed by atoms with Crippen LogP contribution in [0.3, 0.4) is 0 Å². The van der Waals surface area contributed by atoms with E-state index in [0.717, 1.165) is 55.2 Å². The maximum Gasteiger partial charge on any atom is 0.268 e. The van der Waals surface area contributed by atoms with Gasteiger partial charge in [-0.25, -0.2) is 0 Å². The first-order valence-electron chi connectivity index (χ1n) is 9.20. The van der Waals surface area contributed by atoms with E-state index in [1.807, 2.05) is 28.2 Å². The molecule has 28 heavy (non-hydrogen) atoms. The van der Waals surface area contributed by atoms with E-state index in [1.165, 1.54) is 10.1 Å². The average Bonchev–Trinajstić information content (AvgIpc) is 3.29. The molecule has 0 unspecified atom stereocenters. The minimum absolute atomic E-state index is 0. The second-order valence-electron chi connectivity index (χ2n) is 6.83. The number of aromatic nitrogens is 2. The van der Waals surface area contributed by atoms with E-state index >= 15 is 0 Å². The van der Waals surface area contributed by atoms with Gasteiger partial charge in [0, 0.05) is 44.7 Å². The lowest BCUT2D eigenvalue weighted by Crippen LogP contribution is -2.47. The summed E-state index contributed by atoms with van der Waals surface area (Å²) in [6, 6.07) is 16.3. The third kappa shape index (κ3) is 3.55. The lowest BCUT2D eigenvalue weighted by molar-refractivity contribution is 0.250. The van der Waals surface area contributed by atoms with Crippen molar-refractivity contribution in [3.63, 3.8) is 0 Å². The van der Waals surface area contributed by atoms with Crippen LogP contribution in [0.15, 0.2) is 53.3 Å². The molecule has 1 fully saturated rings. The van der Waals surface area contributed by atoms with E-state index in [9.17, 15) is 4.79 Å². The van der Waals surface area contributed by atoms with Crippen LogP contribution < -0.4 is 10.5 Å². The molecule has 2 aromatic heterocycles. The van der Waals surface area contributed by atoms with Gasteiger partial charge < -0.3 is 4.90 Å². The molecule has 1 aliphatic rings. The molecule has 4 aromatic rings. The quantitative estimate of drug-likeness (QED) is 0.490. The molecule has 8 heteroatoms. The number of nitrogens with zero attached hydrogens (tertiary/aromatic N) is 4. The van der Waals surface area contributed by atoms with Crippen molar-refractivity contribution in [2.75, 3.05) is 37.6 Å². The van der Waals surface area contributed by atoms with Crippen molar-refractivity contribution >= 4 is 61.5 Å². The second-order valence-corrected chi connectivity index (χ2v) is 8.69. The van der Waals surface area contributed by atoms with E-state index < -0.39 is 0 Å². The number of hydrogen-bond acceptors (Lipinski definition) is 6. The van der Waals surface area contributed by atoms with Crippen LogP contribution >= 0.6 is 35.5 Å². The topological polar surface area (TPSA) is 41.4 Å². The molecule has 5 nitrogen and oxygen atoms in total. The van der Waals surface area contributed by atoms with Gasteiger partial charge in [-0.2, -0.15) is 4.37 Å². The van der Waals surface area contributed by atoms with Gasteiger partial charge in [0.05, 0.1) is 14.8 Å². The first kappa shape index (κ1) is 19.4. The van der Waals surface area contributed by atoms with Crippen molar-refractivity contribution in [2.45, 2.75) is 6.54 Å². The van der Waals surface area contributed by atoms with Gasteiger partial charge in [-0.3, -0.25) is 13.7 Å². The number of anilines is 1. The Kier molecular flexibility index (Phi) is 5.68. The molecule has 0 bridgehead atoms. The predicted molar refractivity (Wildman–Crippen MR) is 122 cm³/mol. The Morgan fingerprint density at radius 1 is 0.857 bits per heavy atom. The molecule has 2 aromatic carbocycles. The Morgan fingerprint density at radius 3 is 2.29 bits per heavy atom. The molecule has 0 spiro atoms. The molecular weight excluding hydrogens is 412 g/mol. The molecule has 0 radical (unpaired) electrons. The third-order valence-electron chi connectivity index (χ3n) is 5.20. The average molecular weight is 433 g/mol. The molecule has 0 atom stereocenters. The van der Waals surface area contributed by atoms with Gasteiger partial charge in [0.25, 0.3) is 5.56 Å². The molecule has 0 amide bonds. The molecule has 5 rings (SSSR count). The maximum absolute atomic E-state index is 12.5. The van der Waals surface area contributed by atoms with Crippen molar-refractivity contribution in [3.8, 4) is 0 Å². The zero-order chi connectivity index (χ0) is 18.2. The summed E-state index contributed by atoms with van der Waals surface area (Å²) in [5, 5.41) is 2.09. The molecule has 1 saturated heterocycles. The fourth-order valence-electron chi connectivity index (χ4n) is 3.68.